The highest BCUT2D eigenvalue weighted by molar-refractivity contribution is 7.18. The first kappa shape index (κ1) is 18.2. The smallest absolute Gasteiger partial charge is 0.194 e. The van der Waals surface area contributed by atoms with Crippen LogP contribution in [0.4, 0.5) is 5.82 Å². The fourth-order valence-electron chi connectivity index (χ4n) is 2.84. The summed E-state index contributed by atoms with van der Waals surface area (Å²) < 4.78 is 0. The third-order valence-electron chi connectivity index (χ3n) is 4.26. The lowest BCUT2D eigenvalue weighted by Crippen LogP contribution is -2.31. The van der Waals surface area contributed by atoms with Gasteiger partial charge in [-0.3, -0.25) is 4.98 Å². The molecule has 8 nitrogen and oxygen atoms in total. The molecule has 1 aliphatic heterocycles. The van der Waals surface area contributed by atoms with Gasteiger partial charge in [0.25, 0.3) is 0 Å². The van der Waals surface area contributed by atoms with Gasteiger partial charge in [0.05, 0.1) is 10.6 Å². The van der Waals surface area contributed by atoms with Crippen molar-refractivity contribution in [3.05, 3.63) is 48.6 Å². The van der Waals surface area contributed by atoms with Crippen LogP contribution in [0.25, 0.3) is 21.3 Å². The maximum Gasteiger partial charge on any atom is 0.194 e. The third-order valence-corrected chi connectivity index (χ3v) is 5.47. The van der Waals surface area contributed by atoms with Crippen molar-refractivity contribution in [3.8, 4) is 21.3 Å². The summed E-state index contributed by atoms with van der Waals surface area (Å²) in [6, 6.07) is 3.88. The second kappa shape index (κ2) is 7.81. The summed E-state index contributed by atoms with van der Waals surface area (Å²) in [5, 5.41) is 13.9. The Morgan fingerprint density at radius 2 is 2.25 bits per heavy atom. The second-order valence-corrected chi connectivity index (χ2v) is 7.28. The Bertz CT molecular complexity index is 1030. The van der Waals surface area contributed by atoms with Gasteiger partial charge >= 0.3 is 0 Å². The van der Waals surface area contributed by atoms with Gasteiger partial charge in [0.2, 0.25) is 0 Å². The molecule has 0 fully saturated rings. The van der Waals surface area contributed by atoms with Gasteiger partial charge in [0.15, 0.2) is 11.6 Å². The molecule has 0 amide bonds. The maximum atomic E-state index is 5.29. The molecule has 3 aromatic heterocycles. The molecule has 4 rings (SSSR count). The van der Waals surface area contributed by atoms with Crippen LogP contribution >= 0.6 is 11.3 Å². The van der Waals surface area contributed by atoms with Crippen molar-refractivity contribution in [1.82, 2.24) is 25.1 Å². The highest BCUT2D eigenvalue weighted by Gasteiger charge is 2.26. The Balaban J connectivity index is 1.74. The molecule has 0 aliphatic carbocycles. The number of anilines is 1. The number of thiazole rings is 1. The number of aromatic nitrogens is 5. The quantitative estimate of drug-likeness (QED) is 0.374. The zero-order valence-corrected chi connectivity index (χ0v) is 16.5. The van der Waals surface area contributed by atoms with E-state index in [4.69, 9.17) is 9.82 Å². The lowest BCUT2D eigenvalue weighted by atomic mass is 10.1. The summed E-state index contributed by atoms with van der Waals surface area (Å²) in [5.41, 5.74) is 3.28. The van der Waals surface area contributed by atoms with Crippen LogP contribution < -0.4 is 4.90 Å². The third kappa shape index (κ3) is 3.48. The van der Waals surface area contributed by atoms with Crippen molar-refractivity contribution in [2.24, 2.45) is 5.16 Å². The number of hydrogen-bond donors (Lipinski definition) is 0. The van der Waals surface area contributed by atoms with Crippen LogP contribution in [0.5, 0.6) is 0 Å². The minimum Gasteiger partial charge on any atom is -0.391 e. The minimum absolute atomic E-state index is 0.350. The molecule has 0 saturated carbocycles. The molecule has 0 spiro atoms. The lowest BCUT2D eigenvalue weighted by Gasteiger charge is -2.25. The first-order valence-electron chi connectivity index (χ1n) is 8.81. The Kier molecular flexibility index (Phi) is 5.07. The molecular weight excluding hydrogens is 374 g/mol. The predicted octanol–water partition coefficient (Wildman–Crippen LogP) is 3.11. The number of pyridine rings is 1. The Labute approximate surface area is 166 Å². The van der Waals surface area contributed by atoms with Crippen LogP contribution in [0, 0.1) is 6.92 Å². The molecule has 0 atom stereocenters. The van der Waals surface area contributed by atoms with Gasteiger partial charge in [-0.25, -0.2) is 9.97 Å². The lowest BCUT2D eigenvalue weighted by molar-refractivity contribution is 0.174. The largest absolute Gasteiger partial charge is 0.391 e. The minimum atomic E-state index is 0.350. The fourth-order valence-corrected chi connectivity index (χ4v) is 3.82. The molecule has 0 bridgehead atoms. The van der Waals surface area contributed by atoms with Crippen molar-refractivity contribution in [3.63, 3.8) is 0 Å². The van der Waals surface area contributed by atoms with E-state index in [0.29, 0.717) is 23.9 Å². The van der Waals surface area contributed by atoms with E-state index in [1.54, 1.807) is 18.5 Å². The average Bonchev–Trinajstić information content (AvgIpc) is 3.12. The molecule has 0 N–H and O–H groups in total. The van der Waals surface area contributed by atoms with Gasteiger partial charge in [-0.1, -0.05) is 17.8 Å². The highest BCUT2D eigenvalue weighted by Crippen LogP contribution is 2.34. The maximum absolute atomic E-state index is 5.29. The summed E-state index contributed by atoms with van der Waals surface area (Å²) >= 11 is 1.53. The van der Waals surface area contributed by atoms with Gasteiger partial charge in [-0.2, -0.15) is 0 Å². The molecule has 4 heterocycles. The normalized spacial score (nSPS) is 14.8. The number of hydrogen-bond acceptors (Lipinski definition) is 9. The number of nitrogens with zero attached hydrogens (tertiary/aromatic N) is 7. The van der Waals surface area contributed by atoms with Crippen molar-refractivity contribution < 1.29 is 4.84 Å². The molecule has 9 heteroatoms. The number of rotatable bonds is 5. The molecule has 0 aromatic carbocycles. The van der Waals surface area contributed by atoms with E-state index in [-0.39, 0.29) is 0 Å². The van der Waals surface area contributed by atoms with E-state index in [9.17, 15) is 0 Å². The summed E-state index contributed by atoms with van der Waals surface area (Å²) in [6.07, 6.45) is 5.92. The second-order valence-electron chi connectivity index (χ2n) is 6.28. The van der Waals surface area contributed by atoms with Gasteiger partial charge in [-0.15, -0.1) is 21.5 Å². The Morgan fingerprint density at radius 3 is 3.04 bits per heavy atom. The van der Waals surface area contributed by atoms with Crippen molar-refractivity contribution in [2.75, 3.05) is 25.1 Å². The summed E-state index contributed by atoms with van der Waals surface area (Å²) in [5.74, 6) is 1.24. The van der Waals surface area contributed by atoms with E-state index in [2.05, 4.69) is 31.9 Å². The summed E-state index contributed by atoms with van der Waals surface area (Å²) in [6.45, 7) is 6.72. The number of fused-ring (bicyclic) bond motifs is 1. The molecular formula is C19H19N7OS. The first-order chi connectivity index (χ1) is 13.7. The fraction of sp³-hybridized carbons (Fsp3) is 0.263. The van der Waals surface area contributed by atoms with Crippen LogP contribution in [0.3, 0.4) is 0 Å². The van der Waals surface area contributed by atoms with Crippen LogP contribution in [-0.4, -0.2) is 51.1 Å². The zero-order valence-electron chi connectivity index (χ0n) is 15.7. The molecule has 0 radical (unpaired) electrons. The Hall–Kier alpha value is -3.20. The van der Waals surface area contributed by atoms with Crippen LogP contribution in [-0.2, 0) is 4.84 Å². The SMILES string of the molecule is C=CCO/N=C1\CCN(C)c2nnc(-c3sc(-c4cccnc4)nc3C)nc21. The van der Waals surface area contributed by atoms with Crippen LogP contribution in [0.1, 0.15) is 17.8 Å². The van der Waals surface area contributed by atoms with Crippen molar-refractivity contribution in [2.45, 2.75) is 13.3 Å². The molecule has 1 aliphatic rings. The molecule has 142 valence electrons. The summed E-state index contributed by atoms with van der Waals surface area (Å²) in [7, 11) is 1.97. The van der Waals surface area contributed by atoms with E-state index in [1.807, 2.05) is 31.0 Å². The monoisotopic (exact) mass is 393 g/mol. The number of aryl methyl sites for hydroxylation is 1. The summed E-state index contributed by atoms with van der Waals surface area (Å²) in [4.78, 5) is 21.8. The van der Waals surface area contributed by atoms with Gasteiger partial charge in [0, 0.05) is 38.0 Å². The van der Waals surface area contributed by atoms with Crippen molar-refractivity contribution in [1.29, 1.82) is 0 Å². The van der Waals surface area contributed by atoms with Gasteiger partial charge in [-0.05, 0) is 19.1 Å². The van der Waals surface area contributed by atoms with E-state index >= 15 is 0 Å². The highest BCUT2D eigenvalue weighted by atomic mass is 32.1. The van der Waals surface area contributed by atoms with Crippen LogP contribution in [0.2, 0.25) is 0 Å². The standard InChI is InChI=1S/C19H19N7OS/c1-4-10-27-25-14-7-9-26(3)18-15(14)22-17(23-24-18)16-12(2)21-19(28-16)13-6-5-8-20-11-13/h4-6,8,11H,1,7,9-10H2,2-3H3/b25-14+. The molecule has 0 unspecified atom stereocenters. The zero-order chi connectivity index (χ0) is 19.5. The first-order valence-corrected chi connectivity index (χ1v) is 9.63. The van der Waals surface area contributed by atoms with Gasteiger partial charge < -0.3 is 9.74 Å². The van der Waals surface area contributed by atoms with Gasteiger partial charge in [0.1, 0.15) is 23.0 Å². The predicted molar refractivity (Wildman–Crippen MR) is 109 cm³/mol. The van der Waals surface area contributed by atoms with E-state index in [1.165, 1.54) is 11.3 Å². The van der Waals surface area contributed by atoms with E-state index < -0.39 is 0 Å². The van der Waals surface area contributed by atoms with Crippen LogP contribution in [0.15, 0.2) is 42.3 Å². The molecule has 0 saturated heterocycles. The Morgan fingerprint density at radius 1 is 1.36 bits per heavy atom. The topological polar surface area (TPSA) is 89.3 Å². The molecule has 28 heavy (non-hydrogen) atoms. The average molecular weight is 393 g/mol. The number of oxime groups is 1. The van der Waals surface area contributed by atoms with E-state index in [0.717, 1.165) is 39.8 Å². The van der Waals surface area contributed by atoms with Crippen molar-refractivity contribution >= 4 is 22.9 Å². The molecule has 3 aromatic rings.